The molecule has 0 spiro atoms. The third-order valence-electron chi connectivity index (χ3n) is 6.76. The number of hydrogen-bond donors (Lipinski definition) is 1. The van der Waals surface area contributed by atoms with Gasteiger partial charge in [-0.25, -0.2) is 4.98 Å². The highest BCUT2D eigenvalue weighted by Crippen LogP contribution is 2.30. The van der Waals surface area contributed by atoms with Crippen molar-refractivity contribution in [3.05, 3.63) is 54.9 Å². The fourth-order valence-electron chi connectivity index (χ4n) is 4.17. The SMILES string of the molecule is C=CC(C)=N/C=C\C.CNc1nc2c(OC)cccc2c2cc(C(=O)N3CCC(C)C(C)CC3)nn12. The summed E-state index contributed by atoms with van der Waals surface area (Å²) < 4.78 is 7.17. The van der Waals surface area contributed by atoms with Gasteiger partial charge in [-0.3, -0.25) is 9.79 Å². The highest BCUT2D eigenvalue weighted by atomic mass is 16.5. The lowest BCUT2D eigenvalue weighted by Gasteiger charge is -2.19. The highest BCUT2D eigenvalue weighted by Gasteiger charge is 2.26. The average molecular weight is 491 g/mol. The number of aromatic nitrogens is 3. The van der Waals surface area contributed by atoms with Gasteiger partial charge >= 0.3 is 0 Å². The molecule has 2 aromatic heterocycles. The fraction of sp³-hybridized carbons (Fsp3) is 0.429. The third kappa shape index (κ3) is 5.93. The summed E-state index contributed by atoms with van der Waals surface area (Å²) in [7, 11) is 3.43. The maximum atomic E-state index is 13.2. The van der Waals surface area contributed by atoms with Gasteiger partial charge in [-0.1, -0.05) is 38.6 Å². The number of ether oxygens (including phenoxy) is 1. The average Bonchev–Trinajstić information content (AvgIpc) is 3.29. The number of carbonyl (C=O) groups excluding carboxylic acids is 1. The van der Waals surface area contributed by atoms with Gasteiger partial charge in [-0.05, 0) is 56.7 Å². The Balaban J connectivity index is 0.000000392. The first-order valence-electron chi connectivity index (χ1n) is 12.5. The molecule has 1 saturated heterocycles. The molecule has 1 fully saturated rings. The van der Waals surface area contributed by atoms with Crippen LogP contribution in [0.25, 0.3) is 16.4 Å². The standard InChI is InChI=1S/C21H27N5O2.C7H11N/c1-13-8-10-25(11-9-14(13)2)20(27)16-12-17-15-6-5-7-18(28-4)19(15)23-21(22-3)26(17)24-16;1-4-6-8-7(3)5-2/h5-7,12-14H,8-11H2,1-4H3,(H,22,23);4-6H,2H2,1,3H3/b;6-4-,8-7?. The molecule has 0 aliphatic carbocycles. The van der Waals surface area contributed by atoms with Gasteiger partial charge in [-0.15, -0.1) is 0 Å². The Bertz CT molecular complexity index is 1260. The molecule has 1 aliphatic heterocycles. The summed E-state index contributed by atoms with van der Waals surface area (Å²) in [5.74, 6) is 2.53. The van der Waals surface area contributed by atoms with E-state index in [2.05, 4.69) is 40.8 Å². The molecule has 3 aromatic rings. The number of amides is 1. The molecular formula is C28H38N6O2. The first-order valence-corrected chi connectivity index (χ1v) is 12.5. The number of anilines is 1. The minimum atomic E-state index is -0.0110. The van der Waals surface area contributed by atoms with Crippen LogP contribution in [0.5, 0.6) is 5.75 Å². The predicted octanol–water partition coefficient (Wildman–Crippen LogP) is 5.61. The van der Waals surface area contributed by atoms with Crippen LogP contribution in [-0.4, -0.2) is 58.4 Å². The van der Waals surface area contributed by atoms with Crippen LogP contribution in [0, 0.1) is 11.8 Å². The Morgan fingerprint density at radius 2 is 1.94 bits per heavy atom. The normalized spacial score (nSPS) is 18.6. The summed E-state index contributed by atoms with van der Waals surface area (Å²) in [6, 6.07) is 7.65. The van der Waals surface area contributed by atoms with Crippen molar-refractivity contribution >= 4 is 34.0 Å². The molecule has 0 bridgehead atoms. The number of benzene rings is 1. The smallest absolute Gasteiger partial charge is 0.274 e. The van der Waals surface area contributed by atoms with Crippen molar-refractivity contribution in [1.29, 1.82) is 0 Å². The molecule has 1 aliphatic rings. The van der Waals surface area contributed by atoms with Crippen molar-refractivity contribution in [2.45, 2.75) is 40.5 Å². The van der Waals surface area contributed by atoms with Crippen molar-refractivity contribution in [3.8, 4) is 5.75 Å². The molecular weight excluding hydrogens is 452 g/mol. The largest absolute Gasteiger partial charge is 0.494 e. The molecule has 192 valence electrons. The lowest BCUT2D eigenvalue weighted by atomic mass is 9.92. The van der Waals surface area contributed by atoms with Gasteiger partial charge in [0.25, 0.3) is 5.91 Å². The number of allylic oxidation sites excluding steroid dienone is 2. The Kier molecular flexibility index (Phi) is 9.22. The molecule has 8 nitrogen and oxygen atoms in total. The van der Waals surface area contributed by atoms with E-state index in [0.717, 1.165) is 48.1 Å². The lowest BCUT2D eigenvalue weighted by Crippen LogP contribution is -2.32. The number of likely N-dealkylation sites (tertiary alicyclic amines) is 1. The van der Waals surface area contributed by atoms with E-state index in [9.17, 15) is 4.79 Å². The maximum absolute atomic E-state index is 13.2. The number of methoxy groups -OCH3 is 1. The van der Waals surface area contributed by atoms with E-state index in [0.29, 0.717) is 29.2 Å². The summed E-state index contributed by atoms with van der Waals surface area (Å²) in [6.45, 7) is 13.5. The van der Waals surface area contributed by atoms with E-state index >= 15 is 0 Å². The van der Waals surface area contributed by atoms with Crippen LogP contribution < -0.4 is 10.1 Å². The lowest BCUT2D eigenvalue weighted by molar-refractivity contribution is 0.0753. The minimum Gasteiger partial charge on any atom is -0.494 e. The molecule has 0 radical (unpaired) electrons. The number of nitrogens with one attached hydrogen (secondary N) is 1. The van der Waals surface area contributed by atoms with Gasteiger partial charge in [0, 0.05) is 37.4 Å². The maximum Gasteiger partial charge on any atom is 0.274 e. The fourth-order valence-corrected chi connectivity index (χ4v) is 4.17. The van der Waals surface area contributed by atoms with E-state index in [-0.39, 0.29) is 5.91 Å². The van der Waals surface area contributed by atoms with Crippen LogP contribution in [0.3, 0.4) is 0 Å². The van der Waals surface area contributed by atoms with Crippen molar-refractivity contribution < 1.29 is 9.53 Å². The van der Waals surface area contributed by atoms with Crippen molar-refractivity contribution in [2.24, 2.45) is 16.8 Å². The zero-order valence-electron chi connectivity index (χ0n) is 22.3. The molecule has 36 heavy (non-hydrogen) atoms. The molecule has 2 atom stereocenters. The van der Waals surface area contributed by atoms with E-state index in [1.807, 2.05) is 49.1 Å². The van der Waals surface area contributed by atoms with Crippen molar-refractivity contribution in [1.82, 2.24) is 19.5 Å². The Morgan fingerprint density at radius 3 is 2.53 bits per heavy atom. The Morgan fingerprint density at radius 1 is 1.25 bits per heavy atom. The van der Waals surface area contributed by atoms with Crippen LogP contribution in [0.15, 0.2) is 54.2 Å². The number of hydrogen-bond acceptors (Lipinski definition) is 6. The molecule has 1 N–H and O–H groups in total. The van der Waals surface area contributed by atoms with Gasteiger partial charge in [-0.2, -0.15) is 9.61 Å². The van der Waals surface area contributed by atoms with E-state index < -0.39 is 0 Å². The predicted molar refractivity (Wildman–Crippen MR) is 148 cm³/mol. The summed E-state index contributed by atoms with van der Waals surface area (Å²) in [4.78, 5) is 23.8. The number of fused-ring (bicyclic) bond motifs is 3. The molecule has 4 rings (SSSR count). The van der Waals surface area contributed by atoms with E-state index in [1.165, 1.54) is 0 Å². The van der Waals surface area contributed by atoms with Crippen LogP contribution in [0.4, 0.5) is 5.95 Å². The number of carbonyl (C=O) groups is 1. The second-order valence-electron chi connectivity index (χ2n) is 9.15. The van der Waals surface area contributed by atoms with Crippen LogP contribution >= 0.6 is 0 Å². The van der Waals surface area contributed by atoms with Gasteiger partial charge in [0.2, 0.25) is 5.95 Å². The third-order valence-corrected chi connectivity index (χ3v) is 6.76. The first kappa shape index (κ1) is 26.9. The number of nitrogens with zero attached hydrogens (tertiary/aromatic N) is 5. The molecule has 1 amide bonds. The summed E-state index contributed by atoms with van der Waals surface area (Å²) in [5, 5.41) is 8.57. The molecule has 3 heterocycles. The van der Waals surface area contributed by atoms with Gasteiger partial charge < -0.3 is 15.0 Å². The molecule has 0 saturated carbocycles. The van der Waals surface area contributed by atoms with Crippen LogP contribution in [0.2, 0.25) is 0 Å². The van der Waals surface area contributed by atoms with Gasteiger partial charge in [0.05, 0.1) is 12.6 Å². The van der Waals surface area contributed by atoms with Crippen molar-refractivity contribution in [2.75, 3.05) is 32.6 Å². The Labute approximate surface area is 213 Å². The van der Waals surface area contributed by atoms with E-state index in [4.69, 9.17) is 4.74 Å². The quantitative estimate of drug-likeness (QED) is 0.470. The second-order valence-corrected chi connectivity index (χ2v) is 9.15. The number of para-hydroxylation sites is 1. The van der Waals surface area contributed by atoms with Gasteiger partial charge in [0.15, 0.2) is 5.69 Å². The van der Waals surface area contributed by atoms with Gasteiger partial charge in [0.1, 0.15) is 11.3 Å². The highest BCUT2D eigenvalue weighted by molar-refractivity contribution is 6.01. The minimum absolute atomic E-state index is 0.0110. The molecule has 2 unspecified atom stereocenters. The zero-order chi connectivity index (χ0) is 26.2. The topological polar surface area (TPSA) is 84.1 Å². The zero-order valence-corrected chi connectivity index (χ0v) is 22.3. The molecule has 8 heteroatoms. The number of aliphatic imine (C=N–C) groups is 1. The summed E-state index contributed by atoms with van der Waals surface area (Å²) in [6.07, 6.45) is 7.41. The Hall–Kier alpha value is -3.68. The first-order chi connectivity index (χ1) is 17.3. The monoisotopic (exact) mass is 490 g/mol. The number of rotatable bonds is 5. The van der Waals surface area contributed by atoms with Crippen LogP contribution in [-0.2, 0) is 0 Å². The summed E-state index contributed by atoms with van der Waals surface area (Å²) >= 11 is 0. The second kappa shape index (κ2) is 12.3. The van der Waals surface area contributed by atoms with Crippen LogP contribution in [0.1, 0.15) is 51.0 Å². The molecule has 1 aromatic carbocycles. The van der Waals surface area contributed by atoms with Crippen molar-refractivity contribution in [3.63, 3.8) is 0 Å². The summed E-state index contributed by atoms with van der Waals surface area (Å²) in [5.41, 5.74) is 2.99. The van der Waals surface area contributed by atoms with E-state index in [1.54, 1.807) is 30.9 Å².